The smallest absolute Gasteiger partial charge is 0.308 e. The second-order valence-electron chi connectivity index (χ2n) is 19.4. The fourth-order valence-corrected chi connectivity index (χ4v) is 9.28. The van der Waals surface area contributed by atoms with Gasteiger partial charge < -0.3 is 33.3 Å². The van der Waals surface area contributed by atoms with Crippen LogP contribution in [0.2, 0.25) is 36.3 Å². The molecule has 2 heterocycles. The van der Waals surface area contributed by atoms with E-state index in [0.717, 1.165) is 12.0 Å². The molecule has 3 unspecified atom stereocenters. The van der Waals surface area contributed by atoms with Crippen molar-refractivity contribution in [2.24, 2.45) is 11.8 Å². The standard InChI is InChI=1S/C42H76O9Si2/c1-18-33(51-53(16,17)40(9,10)11)30(4)38-34(48-38)27-41(12,45)24-19-20-28(2)37-29(3)21-22-35(47-31(5)43)42(13,46)25-23-32(26-36(44)49-37)50-52(14,15)39(6,7)8/h19-22,24,29-30,32-35,37-38,45-46H,18,23,25-27H2,1-17H3/b22-21+,24-19+,28-20+/t29-,30?,32+,33?,34+,35-,37+,38+,41?,42+/m0/s1. The zero-order chi connectivity index (χ0) is 41.0. The van der Waals surface area contributed by atoms with Crippen molar-refractivity contribution >= 4 is 28.6 Å². The van der Waals surface area contributed by atoms with Crippen LogP contribution in [-0.4, -0.2) is 86.6 Å². The molecule has 0 aliphatic carbocycles. The van der Waals surface area contributed by atoms with Crippen molar-refractivity contribution in [3.63, 3.8) is 0 Å². The van der Waals surface area contributed by atoms with E-state index in [1.807, 2.05) is 32.1 Å². The van der Waals surface area contributed by atoms with E-state index < -0.39 is 52.1 Å². The maximum absolute atomic E-state index is 13.6. The Hall–Kier alpha value is -1.61. The number of ether oxygens (including phenoxy) is 3. The number of cyclic esters (lactones) is 1. The predicted molar refractivity (Wildman–Crippen MR) is 219 cm³/mol. The maximum atomic E-state index is 13.6. The summed E-state index contributed by atoms with van der Waals surface area (Å²) in [5.41, 5.74) is -1.73. The van der Waals surface area contributed by atoms with Gasteiger partial charge in [0.25, 0.3) is 0 Å². The van der Waals surface area contributed by atoms with Crippen molar-refractivity contribution in [1.29, 1.82) is 0 Å². The first-order chi connectivity index (χ1) is 23.9. The Morgan fingerprint density at radius 1 is 1.06 bits per heavy atom. The van der Waals surface area contributed by atoms with Crippen molar-refractivity contribution in [2.75, 3.05) is 0 Å². The van der Waals surface area contributed by atoms with Gasteiger partial charge in [0.05, 0.1) is 30.3 Å². The lowest BCUT2D eigenvalue weighted by Crippen LogP contribution is -2.46. The number of carbonyl (C=O) groups is 2. The number of carbonyl (C=O) groups excluding carboxylic acids is 2. The number of esters is 2. The summed E-state index contributed by atoms with van der Waals surface area (Å²) in [6, 6.07) is 0. The molecule has 53 heavy (non-hydrogen) atoms. The molecular formula is C42H76O9Si2. The Balaban J connectivity index is 2.28. The maximum Gasteiger partial charge on any atom is 0.308 e. The van der Waals surface area contributed by atoms with E-state index in [0.29, 0.717) is 12.8 Å². The van der Waals surface area contributed by atoms with E-state index in [9.17, 15) is 19.8 Å². The van der Waals surface area contributed by atoms with Crippen LogP contribution in [0.5, 0.6) is 0 Å². The summed E-state index contributed by atoms with van der Waals surface area (Å²) in [5, 5.41) is 23.0. The van der Waals surface area contributed by atoms with Crippen molar-refractivity contribution in [3.05, 3.63) is 36.0 Å². The van der Waals surface area contributed by atoms with Gasteiger partial charge in [-0.25, -0.2) is 0 Å². The third kappa shape index (κ3) is 14.1. The molecular weight excluding hydrogens is 705 g/mol. The Morgan fingerprint density at radius 2 is 1.64 bits per heavy atom. The first kappa shape index (κ1) is 47.5. The van der Waals surface area contributed by atoms with Crippen molar-refractivity contribution in [1.82, 2.24) is 0 Å². The SMILES string of the molecule is CCC(O[Si](C)(C)C(C)(C)C)C(C)[C@H]1O[C@@H]1CC(C)(O)/C=C/C=C(\C)[C@H]1OC(=O)C[C@H](O[Si](C)(C)C(C)(C)C)CC[C@@](C)(O)[C@@H](OC(C)=O)/C=C/[C@@H]1C. The molecule has 0 bridgehead atoms. The molecule has 1 saturated heterocycles. The van der Waals surface area contributed by atoms with Gasteiger partial charge in [-0.1, -0.05) is 86.6 Å². The molecule has 0 aromatic carbocycles. The molecule has 0 saturated carbocycles. The molecule has 2 N–H and O–H groups in total. The minimum absolute atomic E-state index is 0.0335. The topological polar surface area (TPSA) is 124 Å². The molecule has 2 aliphatic rings. The minimum atomic E-state index is -2.28. The number of hydrogen-bond donors (Lipinski definition) is 2. The zero-order valence-corrected chi connectivity index (χ0v) is 38.3. The van der Waals surface area contributed by atoms with Crippen molar-refractivity contribution < 1.29 is 42.9 Å². The van der Waals surface area contributed by atoms with Crippen LogP contribution < -0.4 is 0 Å². The lowest BCUT2D eigenvalue weighted by molar-refractivity contribution is -0.157. The molecule has 1 fully saturated rings. The Bertz CT molecular complexity index is 1320. The van der Waals surface area contributed by atoms with Crippen molar-refractivity contribution in [2.45, 2.75) is 206 Å². The molecule has 11 heteroatoms. The average Bonchev–Trinajstić information content (AvgIpc) is 3.74. The predicted octanol–water partition coefficient (Wildman–Crippen LogP) is 9.20. The number of allylic oxidation sites excluding steroid dienone is 2. The van der Waals surface area contributed by atoms with Crippen LogP contribution in [0.15, 0.2) is 36.0 Å². The Labute approximate surface area is 324 Å². The molecule has 2 rings (SSSR count). The van der Waals surface area contributed by atoms with Crippen LogP contribution in [0.25, 0.3) is 0 Å². The lowest BCUT2D eigenvalue weighted by atomic mass is 9.88. The molecule has 10 atom stereocenters. The van der Waals surface area contributed by atoms with Gasteiger partial charge in [-0.2, -0.15) is 0 Å². The van der Waals surface area contributed by atoms with E-state index >= 15 is 0 Å². The van der Waals surface area contributed by atoms with E-state index in [-0.39, 0.29) is 59.0 Å². The van der Waals surface area contributed by atoms with Crippen LogP contribution in [0.4, 0.5) is 0 Å². The molecule has 0 spiro atoms. The summed E-state index contributed by atoms with van der Waals surface area (Å²) in [5.74, 6) is -0.984. The highest BCUT2D eigenvalue weighted by atomic mass is 28.4. The fourth-order valence-electron chi connectivity index (χ4n) is 6.40. The second kappa shape index (κ2) is 18.1. The van der Waals surface area contributed by atoms with Crippen LogP contribution >= 0.6 is 0 Å². The first-order valence-electron chi connectivity index (χ1n) is 19.8. The lowest BCUT2D eigenvalue weighted by Gasteiger charge is -2.40. The van der Waals surface area contributed by atoms with E-state index in [4.69, 9.17) is 23.1 Å². The van der Waals surface area contributed by atoms with Gasteiger partial charge in [-0.05, 0) is 87.9 Å². The summed E-state index contributed by atoms with van der Waals surface area (Å²) < 4.78 is 31.3. The van der Waals surface area contributed by atoms with E-state index in [2.05, 4.69) is 81.6 Å². The van der Waals surface area contributed by atoms with Gasteiger partial charge in [-0.15, -0.1) is 0 Å². The van der Waals surface area contributed by atoms with Gasteiger partial charge >= 0.3 is 11.9 Å². The largest absolute Gasteiger partial charge is 0.457 e. The van der Waals surface area contributed by atoms with Gasteiger partial charge in [-0.3, -0.25) is 9.59 Å². The first-order valence-corrected chi connectivity index (χ1v) is 25.6. The summed E-state index contributed by atoms with van der Waals surface area (Å²) >= 11 is 0. The van der Waals surface area contributed by atoms with Crippen LogP contribution in [0, 0.1) is 11.8 Å². The minimum Gasteiger partial charge on any atom is -0.457 e. The molecule has 2 aliphatic heterocycles. The normalized spacial score (nSPS) is 31.5. The third-order valence-electron chi connectivity index (χ3n) is 12.1. The van der Waals surface area contributed by atoms with E-state index in [1.165, 1.54) is 6.92 Å². The summed E-state index contributed by atoms with van der Waals surface area (Å²) in [6.07, 6.45) is 9.05. The van der Waals surface area contributed by atoms with Gasteiger partial charge in [0.15, 0.2) is 16.6 Å². The van der Waals surface area contributed by atoms with Crippen LogP contribution in [0.1, 0.15) is 122 Å². The van der Waals surface area contributed by atoms with Crippen LogP contribution in [0.3, 0.4) is 0 Å². The second-order valence-corrected chi connectivity index (χ2v) is 29.0. The molecule has 0 aromatic rings. The van der Waals surface area contributed by atoms with Crippen molar-refractivity contribution in [3.8, 4) is 0 Å². The monoisotopic (exact) mass is 781 g/mol. The Morgan fingerprint density at radius 3 is 2.17 bits per heavy atom. The number of aliphatic hydroxyl groups is 2. The number of rotatable bonds is 13. The summed E-state index contributed by atoms with van der Waals surface area (Å²) in [6.45, 7) is 35.0. The van der Waals surface area contributed by atoms with Gasteiger partial charge in [0.2, 0.25) is 0 Å². The summed E-state index contributed by atoms with van der Waals surface area (Å²) in [4.78, 5) is 25.6. The van der Waals surface area contributed by atoms with E-state index in [1.54, 1.807) is 26.0 Å². The fraction of sp³-hybridized carbons (Fsp3) is 0.810. The average molecular weight is 781 g/mol. The highest BCUT2D eigenvalue weighted by molar-refractivity contribution is 6.74. The number of hydrogen-bond acceptors (Lipinski definition) is 9. The molecule has 0 radical (unpaired) electrons. The quantitative estimate of drug-likeness (QED) is 0.0619. The molecule has 9 nitrogen and oxygen atoms in total. The Kier molecular flexibility index (Phi) is 16.2. The summed E-state index contributed by atoms with van der Waals surface area (Å²) in [7, 11) is -4.22. The molecule has 306 valence electrons. The molecule has 0 aromatic heterocycles. The highest BCUT2D eigenvalue weighted by Gasteiger charge is 2.50. The third-order valence-corrected chi connectivity index (χ3v) is 21.2. The van der Waals surface area contributed by atoms with Crippen LogP contribution in [-0.2, 0) is 32.7 Å². The highest BCUT2D eigenvalue weighted by Crippen LogP contribution is 2.43. The zero-order valence-electron chi connectivity index (χ0n) is 36.3. The molecule has 0 amide bonds. The van der Waals surface area contributed by atoms with Gasteiger partial charge in [0, 0.05) is 31.3 Å². The number of epoxide rings is 1. The van der Waals surface area contributed by atoms with Gasteiger partial charge in [0.1, 0.15) is 17.8 Å².